The molecular formula is C14H15N5O. The van der Waals surface area contributed by atoms with Crippen LogP contribution in [0.3, 0.4) is 0 Å². The number of hydrogen-bond donors (Lipinski definition) is 1. The number of aryl methyl sites for hydroxylation is 1. The molecule has 1 aromatic carbocycles. The summed E-state index contributed by atoms with van der Waals surface area (Å²) in [5, 5.41) is 11.8. The van der Waals surface area contributed by atoms with Gasteiger partial charge >= 0.3 is 0 Å². The molecule has 2 aromatic heterocycles. The maximum absolute atomic E-state index is 5.68. The molecular weight excluding hydrogens is 254 g/mol. The van der Waals surface area contributed by atoms with Crippen molar-refractivity contribution < 1.29 is 4.42 Å². The average Bonchev–Trinajstić information content (AvgIpc) is 3.12. The van der Waals surface area contributed by atoms with Gasteiger partial charge in [0.25, 0.3) is 6.01 Å². The first-order valence-corrected chi connectivity index (χ1v) is 6.85. The molecule has 1 aliphatic rings. The summed E-state index contributed by atoms with van der Waals surface area (Å²) in [7, 11) is 0. The van der Waals surface area contributed by atoms with Crippen molar-refractivity contribution in [2.45, 2.75) is 32.4 Å². The Morgan fingerprint density at radius 3 is 3.10 bits per heavy atom. The van der Waals surface area contributed by atoms with Crippen molar-refractivity contribution in [2.24, 2.45) is 0 Å². The van der Waals surface area contributed by atoms with E-state index in [0.717, 1.165) is 42.1 Å². The van der Waals surface area contributed by atoms with E-state index in [1.165, 1.54) is 0 Å². The number of oxazole rings is 1. The van der Waals surface area contributed by atoms with Crippen molar-refractivity contribution in [3.8, 4) is 0 Å². The third kappa shape index (κ3) is 1.76. The van der Waals surface area contributed by atoms with Gasteiger partial charge in [0.1, 0.15) is 11.3 Å². The molecule has 6 nitrogen and oxygen atoms in total. The molecule has 0 radical (unpaired) electrons. The topological polar surface area (TPSA) is 68.8 Å². The maximum atomic E-state index is 5.68. The standard InChI is InChI=1S/C14H15N5O/c1-9(13-18-17-12-7-4-8-19(12)13)15-14-16-10-5-2-3-6-11(10)20-14/h2-3,5-6,9H,4,7-8H2,1H3,(H,15,16)/t9-/m0/s1. The largest absolute Gasteiger partial charge is 0.424 e. The van der Waals surface area contributed by atoms with E-state index in [2.05, 4.69) is 25.1 Å². The summed E-state index contributed by atoms with van der Waals surface area (Å²) in [5.41, 5.74) is 1.64. The lowest BCUT2D eigenvalue weighted by atomic mass is 10.3. The number of anilines is 1. The number of fused-ring (bicyclic) bond motifs is 2. The molecule has 1 N–H and O–H groups in total. The summed E-state index contributed by atoms with van der Waals surface area (Å²) in [6, 6.07) is 8.27. The van der Waals surface area contributed by atoms with Gasteiger partial charge in [0.15, 0.2) is 11.4 Å². The zero-order chi connectivity index (χ0) is 13.5. The third-order valence-electron chi connectivity index (χ3n) is 3.66. The molecule has 0 aliphatic carbocycles. The van der Waals surface area contributed by atoms with Gasteiger partial charge in [0.2, 0.25) is 0 Å². The minimum Gasteiger partial charge on any atom is -0.424 e. The van der Waals surface area contributed by atoms with E-state index in [0.29, 0.717) is 6.01 Å². The van der Waals surface area contributed by atoms with Gasteiger partial charge in [0, 0.05) is 13.0 Å². The van der Waals surface area contributed by atoms with Crippen molar-refractivity contribution in [2.75, 3.05) is 5.32 Å². The molecule has 0 fully saturated rings. The highest BCUT2D eigenvalue weighted by Gasteiger charge is 2.22. The second kappa shape index (κ2) is 4.33. The Kier molecular flexibility index (Phi) is 2.48. The molecule has 1 aliphatic heterocycles. The van der Waals surface area contributed by atoms with Crippen molar-refractivity contribution in [1.82, 2.24) is 19.7 Å². The number of para-hydroxylation sites is 2. The molecule has 0 amide bonds. The lowest BCUT2D eigenvalue weighted by molar-refractivity contribution is 0.586. The molecule has 102 valence electrons. The lowest BCUT2D eigenvalue weighted by Crippen LogP contribution is -2.13. The SMILES string of the molecule is C[C@H](Nc1nc2ccccc2o1)c1nnc2n1CCC2. The molecule has 0 bridgehead atoms. The Bertz CT molecular complexity index is 727. The maximum Gasteiger partial charge on any atom is 0.296 e. The molecule has 3 heterocycles. The van der Waals surface area contributed by atoms with E-state index in [4.69, 9.17) is 4.42 Å². The van der Waals surface area contributed by atoms with E-state index in [-0.39, 0.29) is 6.04 Å². The summed E-state index contributed by atoms with van der Waals surface area (Å²) in [6.07, 6.45) is 2.16. The van der Waals surface area contributed by atoms with Gasteiger partial charge in [-0.05, 0) is 25.5 Å². The Morgan fingerprint density at radius 2 is 2.20 bits per heavy atom. The molecule has 0 saturated heterocycles. The summed E-state index contributed by atoms with van der Waals surface area (Å²) in [4.78, 5) is 4.42. The van der Waals surface area contributed by atoms with Crippen LogP contribution in [0.2, 0.25) is 0 Å². The molecule has 20 heavy (non-hydrogen) atoms. The van der Waals surface area contributed by atoms with Crippen molar-refractivity contribution >= 4 is 17.1 Å². The molecule has 6 heteroatoms. The molecule has 0 spiro atoms. The molecule has 0 unspecified atom stereocenters. The van der Waals surface area contributed by atoms with Crippen LogP contribution < -0.4 is 5.32 Å². The van der Waals surface area contributed by atoms with Gasteiger partial charge in [-0.15, -0.1) is 10.2 Å². The van der Waals surface area contributed by atoms with Crippen molar-refractivity contribution in [1.29, 1.82) is 0 Å². The van der Waals surface area contributed by atoms with E-state index in [1.807, 2.05) is 31.2 Å². The first-order chi connectivity index (χ1) is 9.81. The van der Waals surface area contributed by atoms with Gasteiger partial charge in [-0.2, -0.15) is 4.98 Å². The van der Waals surface area contributed by atoms with Gasteiger partial charge in [-0.1, -0.05) is 12.1 Å². The van der Waals surface area contributed by atoms with Gasteiger partial charge in [-0.3, -0.25) is 0 Å². The van der Waals surface area contributed by atoms with Crippen LogP contribution in [0.25, 0.3) is 11.1 Å². The summed E-state index contributed by atoms with van der Waals surface area (Å²) in [6.45, 7) is 3.04. The van der Waals surface area contributed by atoms with E-state index < -0.39 is 0 Å². The van der Waals surface area contributed by atoms with Crippen LogP contribution in [0, 0.1) is 0 Å². The highest BCUT2D eigenvalue weighted by molar-refractivity contribution is 5.74. The fraction of sp³-hybridized carbons (Fsp3) is 0.357. The number of hydrogen-bond acceptors (Lipinski definition) is 5. The molecule has 4 rings (SSSR count). The van der Waals surface area contributed by atoms with Crippen LogP contribution >= 0.6 is 0 Å². The zero-order valence-electron chi connectivity index (χ0n) is 11.2. The van der Waals surface area contributed by atoms with E-state index >= 15 is 0 Å². The Labute approximate surface area is 115 Å². The summed E-state index contributed by atoms with van der Waals surface area (Å²) in [5.74, 6) is 2.02. The monoisotopic (exact) mass is 269 g/mol. The van der Waals surface area contributed by atoms with Crippen LogP contribution in [0.15, 0.2) is 28.7 Å². The second-order valence-electron chi connectivity index (χ2n) is 5.08. The Balaban J connectivity index is 1.61. The summed E-state index contributed by atoms with van der Waals surface area (Å²) >= 11 is 0. The normalized spacial score (nSPS) is 15.4. The fourth-order valence-electron chi connectivity index (χ4n) is 2.68. The highest BCUT2D eigenvalue weighted by Crippen LogP contribution is 2.24. The first-order valence-electron chi connectivity index (χ1n) is 6.85. The molecule has 1 atom stereocenters. The number of benzene rings is 1. The number of aromatic nitrogens is 4. The Hall–Kier alpha value is -2.37. The Morgan fingerprint density at radius 1 is 1.30 bits per heavy atom. The van der Waals surface area contributed by atoms with Crippen LogP contribution in [-0.4, -0.2) is 19.7 Å². The van der Waals surface area contributed by atoms with Crippen LogP contribution in [-0.2, 0) is 13.0 Å². The van der Waals surface area contributed by atoms with E-state index in [1.54, 1.807) is 0 Å². The van der Waals surface area contributed by atoms with Gasteiger partial charge in [0.05, 0.1) is 6.04 Å². The number of nitrogens with zero attached hydrogens (tertiary/aromatic N) is 4. The van der Waals surface area contributed by atoms with Gasteiger partial charge < -0.3 is 14.3 Å². The molecule has 0 saturated carbocycles. The van der Waals surface area contributed by atoms with Crippen molar-refractivity contribution in [3.63, 3.8) is 0 Å². The predicted octanol–water partition coefficient (Wildman–Crippen LogP) is 2.54. The average molecular weight is 269 g/mol. The second-order valence-corrected chi connectivity index (χ2v) is 5.08. The minimum atomic E-state index is 0.0161. The highest BCUT2D eigenvalue weighted by atomic mass is 16.4. The molecule has 3 aromatic rings. The smallest absolute Gasteiger partial charge is 0.296 e. The number of rotatable bonds is 3. The first kappa shape index (κ1) is 11.5. The quantitative estimate of drug-likeness (QED) is 0.791. The minimum absolute atomic E-state index is 0.0161. The fourth-order valence-corrected chi connectivity index (χ4v) is 2.68. The zero-order valence-corrected chi connectivity index (χ0v) is 11.2. The predicted molar refractivity (Wildman–Crippen MR) is 74.4 cm³/mol. The van der Waals surface area contributed by atoms with Crippen LogP contribution in [0.4, 0.5) is 6.01 Å². The van der Waals surface area contributed by atoms with E-state index in [9.17, 15) is 0 Å². The van der Waals surface area contributed by atoms with Gasteiger partial charge in [-0.25, -0.2) is 0 Å². The van der Waals surface area contributed by atoms with Crippen molar-refractivity contribution in [3.05, 3.63) is 35.9 Å². The summed E-state index contributed by atoms with van der Waals surface area (Å²) < 4.78 is 7.86. The van der Waals surface area contributed by atoms with Crippen LogP contribution in [0.1, 0.15) is 31.0 Å². The lowest BCUT2D eigenvalue weighted by Gasteiger charge is -2.11. The number of nitrogens with one attached hydrogen (secondary N) is 1. The van der Waals surface area contributed by atoms with Crippen LogP contribution in [0.5, 0.6) is 0 Å². The third-order valence-corrected chi connectivity index (χ3v) is 3.66.